The first kappa shape index (κ1) is 17.0. The minimum Gasteiger partial charge on any atom is -0.425 e. The quantitative estimate of drug-likeness (QED) is 0.462. The molecule has 30 heavy (non-hydrogen) atoms. The van der Waals surface area contributed by atoms with Crippen molar-refractivity contribution in [2.24, 2.45) is 7.05 Å². The summed E-state index contributed by atoms with van der Waals surface area (Å²) in [5.41, 5.74) is 3.78. The average molecular weight is 398 g/mol. The van der Waals surface area contributed by atoms with E-state index in [1.165, 1.54) is 0 Å². The molecular weight excluding hydrogens is 380 g/mol. The van der Waals surface area contributed by atoms with Gasteiger partial charge in [-0.25, -0.2) is 19.3 Å². The Bertz CT molecular complexity index is 1460. The number of nitrogens with zero attached hydrogens (tertiary/aromatic N) is 6. The third-order valence-corrected chi connectivity index (χ3v) is 5.44. The number of hydrogen-bond acceptors (Lipinski definition) is 5. The van der Waals surface area contributed by atoms with Gasteiger partial charge in [-0.15, -0.1) is 0 Å². The van der Waals surface area contributed by atoms with Gasteiger partial charge in [0, 0.05) is 25.5 Å². The lowest BCUT2D eigenvalue weighted by atomic mass is 10.3. The van der Waals surface area contributed by atoms with Crippen LogP contribution in [0.3, 0.4) is 0 Å². The number of benzene rings is 1. The Morgan fingerprint density at radius 3 is 2.43 bits per heavy atom. The molecule has 0 spiro atoms. The molecule has 1 fully saturated rings. The molecule has 0 atom stereocenters. The first-order valence-corrected chi connectivity index (χ1v) is 9.84. The zero-order chi connectivity index (χ0) is 20.2. The van der Waals surface area contributed by atoms with Crippen LogP contribution >= 0.6 is 0 Å². The van der Waals surface area contributed by atoms with Crippen molar-refractivity contribution in [2.45, 2.75) is 18.9 Å². The molecule has 8 nitrogen and oxygen atoms in total. The van der Waals surface area contributed by atoms with Crippen LogP contribution in [0.1, 0.15) is 18.9 Å². The minimum absolute atomic E-state index is 0.0544. The summed E-state index contributed by atoms with van der Waals surface area (Å²) in [6, 6.07) is 15.7. The molecule has 4 heterocycles. The van der Waals surface area contributed by atoms with E-state index in [2.05, 4.69) is 15.0 Å². The van der Waals surface area contributed by atoms with Gasteiger partial charge in [-0.2, -0.15) is 4.98 Å². The third kappa shape index (κ3) is 2.53. The minimum atomic E-state index is -0.0544. The molecular formula is C22H18N6O2. The monoisotopic (exact) mass is 398 g/mol. The summed E-state index contributed by atoms with van der Waals surface area (Å²) in [7, 11) is 1.87. The van der Waals surface area contributed by atoms with Gasteiger partial charge in [0.25, 0.3) is 0 Å². The van der Waals surface area contributed by atoms with Crippen molar-refractivity contribution >= 4 is 22.3 Å². The maximum Gasteiger partial charge on any atom is 0.335 e. The van der Waals surface area contributed by atoms with Crippen molar-refractivity contribution in [1.29, 1.82) is 0 Å². The number of aryl methyl sites for hydroxylation is 1. The van der Waals surface area contributed by atoms with E-state index in [9.17, 15) is 4.79 Å². The number of imidazole rings is 2. The fourth-order valence-corrected chi connectivity index (χ4v) is 3.83. The zero-order valence-electron chi connectivity index (χ0n) is 16.3. The van der Waals surface area contributed by atoms with E-state index in [1.54, 1.807) is 21.5 Å². The van der Waals surface area contributed by atoms with E-state index in [0.717, 1.165) is 35.2 Å². The van der Waals surface area contributed by atoms with Crippen molar-refractivity contribution < 1.29 is 4.74 Å². The standard InChI is InChI=1S/C22H18N6O2/c1-26-19-17(4-2-12-23-19)25-21(26)30-16-10-8-15(9-11-16)28-20-18(5-3-13-24-20)27(22(28)29)14-6-7-14/h2-5,8-14H,6-7H2,1H3. The second kappa shape index (κ2) is 6.28. The average Bonchev–Trinajstić information content (AvgIpc) is 3.50. The summed E-state index contributed by atoms with van der Waals surface area (Å²) in [6.07, 6.45) is 5.51. The number of pyridine rings is 2. The van der Waals surface area contributed by atoms with Gasteiger partial charge in [-0.1, -0.05) is 0 Å². The first-order valence-electron chi connectivity index (χ1n) is 9.84. The van der Waals surface area contributed by atoms with Crippen molar-refractivity contribution in [3.8, 4) is 17.4 Å². The van der Waals surface area contributed by atoms with Crippen molar-refractivity contribution in [2.75, 3.05) is 0 Å². The van der Waals surface area contributed by atoms with Gasteiger partial charge in [0.15, 0.2) is 11.3 Å². The Morgan fingerprint density at radius 2 is 1.70 bits per heavy atom. The SMILES string of the molecule is Cn1c(Oc2ccc(-n3c(=O)n(C4CC4)c4cccnc43)cc2)nc2cccnc21. The lowest BCUT2D eigenvalue weighted by Gasteiger charge is -2.07. The highest BCUT2D eigenvalue weighted by Gasteiger charge is 2.29. The lowest BCUT2D eigenvalue weighted by molar-refractivity contribution is 0.427. The van der Waals surface area contributed by atoms with Crippen LogP contribution < -0.4 is 10.4 Å². The predicted octanol–water partition coefficient (Wildman–Crippen LogP) is 3.60. The summed E-state index contributed by atoms with van der Waals surface area (Å²) in [5.74, 6) is 0.629. The first-order chi connectivity index (χ1) is 14.7. The molecule has 0 amide bonds. The van der Waals surface area contributed by atoms with Crippen LogP contribution in [0.25, 0.3) is 28.0 Å². The van der Waals surface area contributed by atoms with E-state index in [-0.39, 0.29) is 11.7 Å². The number of aromatic nitrogens is 6. The van der Waals surface area contributed by atoms with Crippen molar-refractivity contribution in [1.82, 2.24) is 28.7 Å². The molecule has 0 aliphatic heterocycles. The van der Waals surface area contributed by atoms with E-state index in [4.69, 9.17) is 4.74 Å². The molecule has 8 heteroatoms. The van der Waals surface area contributed by atoms with Gasteiger partial charge < -0.3 is 4.74 Å². The van der Waals surface area contributed by atoms with E-state index in [0.29, 0.717) is 17.4 Å². The van der Waals surface area contributed by atoms with Crippen LogP contribution in [0.2, 0.25) is 0 Å². The maximum atomic E-state index is 13.1. The Balaban J connectivity index is 1.38. The van der Waals surface area contributed by atoms with E-state index < -0.39 is 0 Å². The molecule has 1 aliphatic carbocycles. The molecule has 0 saturated heterocycles. The third-order valence-electron chi connectivity index (χ3n) is 5.44. The largest absolute Gasteiger partial charge is 0.425 e. The second-order valence-corrected chi connectivity index (χ2v) is 7.46. The summed E-state index contributed by atoms with van der Waals surface area (Å²) in [4.78, 5) is 26.4. The van der Waals surface area contributed by atoms with Gasteiger partial charge >= 0.3 is 11.7 Å². The fraction of sp³-hybridized carbons (Fsp3) is 0.182. The Labute approximate surface area is 171 Å². The Morgan fingerprint density at radius 1 is 0.967 bits per heavy atom. The highest BCUT2D eigenvalue weighted by Crippen LogP contribution is 2.36. The molecule has 5 aromatic rings. The Kier molecular flexibility index (Phi) is 3.55. The molecule has 0 unspecified atom stereocenters. The van der Waals surface area contributed by atoms with Gasteiger partial charge in [-0.3, -0.25) is 9.13 Å². The number of hydrogen-bond donors (Lipinski definition) is 0. The van der Waals surface area contributed by atoms with E-state index in [1.807, 2.05) is 60.1 Å². The molecule has 4 aromatic heterocycles. The molecule has 6 rings (SSSR count). The van der Waals surface area contributed by atoms with Gasteiger partial charge in [-0.05, 0) is 61.4 Å². The smallest absolute Gasteiger partial charge is 0.335 e. The summed E-state index contributed by atoms with van der Waals surface area (Å²) >= 11 is 0. The molecule has 1 aromatic carbocycles. The number of fused-ring (bicyclic) bond motifs is 2. The van der Waals surface area contributed by atoms with E-state index >= 15 is 0 Å². The van der Waals surface area contributed by atoms with Crippen LogP contribution in [0.4, 0.5) is 0 Å². The maximum absolute atomic E-state index is 13.1. The van der Waals surface area contributed by atoms with Crippen molar-refractivity contribution in [3.05, 3.63) is 71.4 Å². The second-order valence-electron chi connectivity index (χ2n) is 7.46. The number of rotatable bonds is 4. The Hall–Kier alpha value is -3.94. The molecule has 0 N–H and O–H groups in total. The van der Waals surface area contributed by atoms with Crippen LogP contribution in [0, 0.1) is 0 Å². The summed E-state index contributed by atoms with van der Waals surface area (Å²) in [6.45, 7) is 0. The lowest BCUT2D eigenvalue weighted by Crippen LogP contribution is -2.22. The van der Waals surface area contributed by atoms with Crippen LogP contribution in [0.5, 0.6) is 11.8 Å². The highest BCUT2D eigenvalue weighted by atomic mass is 16.5. The van der Waals surface area contributed by atoms with Gasteiger partial charge in [0.1, 0.15) is 11.3 Å². The zero-order valence-corrected chi connectivity index (χ0v) is 16.3. The molecule has 1 saturated carbocycles. The topological polar surface area (TPSA) is 79.8 Å². The molecule has 0 radical (unpaired) electrons. The van der Waals surface area contributed by atoms with Gasteiger partial charge in [0.2, 0.25) is 0 Å². The highest BCUT2D eigenvalue weighted by molar-refractivity contribution is 5.74. The fourth-order valence-electron chi connectivity index (χ4n) is 3.83. The van der Waals surface area contributed by atoms with Gasteiger partial charge in [0.05, 0.1) is 11.2 Å². The summed E-state index contributed by atoms with van der Waals surface area (Å²) in [5, 5.41) is 0. The normalized spacial score (nSPS) is 13.9. The predicted molar refractivity (Wildman–Crippen MR) is 112 cm³/mol. The molecule has 1 aliphatic rings. The number of ether oxygens (including phenoxy) is 1. The van der Waals surface area contributed by atoms with Crippen LogP contribution in [-0.4, -0.2) is 28.7 Å². The molecule has 148 valence electrons. The van der Waals surface area contributed by atoms with Crippen LogP contribution in [-0.2, 0) is 7.05 Å². The summed E-state index contributed by atoms with van der Waals surface area (Å²) < 4.78 is 11.3. The van der Waals surface area contributed by atoms with Crippen molar-refractivity contribution in [3.63, 3.8) is 0 Å². The van der Waals surface area contributed by atoms with Crippen LogP contribution in [0.15, 0.2) is 65.7 Å². The molecule has 0 bridgehead atoms.